The molecule has 6 heteroatoms. The standard InChI is InChI=1S/C7H10.C6H13NO.C3H8.C2H4O.CH3F.CH2O2/c1-2-7-4-3-6(1)5-7;1-3-5-7-6(8)4-2;1-3-2;1-2-3;1-2;2-1-3/h1-2,6-7H,3-5H2;3-5H2,1-2H3,(H,7,8);3H2,1-2H3;2H,1H3;1H3;1H,(H,2,3). The molecule has 156 valence electrons. The molecule has 0 heterocycles. The van der Waals surface area contributed by atoms with Gasteiger partial charge >= 0.3 is 0 Å². The van der Waals surface area contributed by atoms with Crippen LogP contribution in [-0.2, 0) is 14.4 Å². The zero-order valence-electron chi connectivity index (χ0n) is 17.5. The van der Waals surface area contributed by atoms with Crippen molar-refractivity contribution < 1.29 is 23.9 Å². The van der Waals surface area contributed by atoms with E-state index in [0.29, 0.717) is 13.6 Å². The van der Waals surface area contributed by atoms with Gasteiger partial charge in [0.2, 0.25) is 5.91 Å². The van der Waals surface area contributed by atoms with E-state index in [2.05, 4.69) is 31.3 Å². The average Bonchev–Trinajstić information content (AvgIpc) is 3.30. The van der Waals surface area contributed by atoms with E-state index < -0.39 is 0 Å². The summed E-state index contributed by atoms with van der Waals surface area (Å²) in [5.74, 6) is 2.13. The van der Waals surface area contributed by atoms with Gasteiger partial charge in [-0.2, -0.15) is 0 Å². The van der Waals surface area contributed by atoms with Crippen LogP contribution in [0.25, 0.3) is 0 Å². The van der Waals surface area contributed by atoms with E-state index in [-0.39, 0.29) is 12.4 Å². The zero-order valence-corrected chi connectivity index (χ0v) is 17.5. The van der Waals surface area contributed by atoms with Gasteiger partial charge in [-0.15, -0.1) is 0 Å². The molecule has 0 spiro atoms. The number of alkyl halides is 1. The van der Waals surface area contributed by atoms with Gasteiger partial charge in [-0.3, -0.25) is 14.0 Å². The maximum atomic E-state index is 10.5. The lowest BCUT2D eigenvalue weighted by molar-refractivity contribution is -0.123. The largest absolute Gasteiger partial charge is 0.483 e. The number of allylic oxidation sites excluding steroid dienone is 2. The molecule has 1 amide bonds. The highest BCUT2D eigenvalue weighted by Gasteiger charge is 2.25. The maximum Gasteiger partial charge on any atom is 0.290 e. The van der Waals surface area contributed by atoms with E-state index in [1.165, 1.54) is 32.6 Å². The van der Waals surface area contributed by atoms with E-state index in [1.54, 1.807) is 0 Å². The van der Waals surface area contributed by atoms with Crippen LogP contribution in [0.5, 0.6) is 0 Å². The highest BCUT2D eigenvalue weighted by Crippen LogP contribution is 2.38. The monoisotopic (exact) mass is 377 g/mol. The van der Waals surface area contributed by atoms with E-state index in [1.807, 2.05) is 13.8 Å². The molecule has 2 rings (SSSR count). The van der Waals surface area contributed by atoms with Crippen molar-refractivity contribution in [3.63, 3.8) is 0 Å². The van der Waals surface area contributed by atoms with Crippen LogP contribution in [0.2, 0.25) is 0 Å². The molecule has 2 N–H and O–H groups in total. The van der Waals surface area contributed by atoms with Gasteiger partial charge in [0.05, 0.1) is 7.18 Å². The Balaban J connectivity index is -0.000000122. The zero-order chi connectivity index (χ0) is 21.2. The van der Waals surface area contributed by atoms with Crippen LogP contribution in [0, 0.1) is 11.8 Å². The molecule has 1 fully saturated rings. The molecule has 0 saturated heterocycles. The van der Waals surface area contributed by atoms with Crippen LogP contribution in [0.15, 0.2) is 12.2 Å². The second kappa shape index (κ2) is 31.1. The van der Waals surface area contributed by atoms with Gasteiger partial charge in [0.15, 0.2) is 0 Å². The third kappa shape index (κ3) is 30.2. The molecule has 2 bridgehead atoms. The Kier molecular flexibility index (Phi) is 38.3. The lowest BCUT2D eigenvalue weighted by atomic mass is 10.1. The van der Waals surface area contributed by atoms with Crippen molar-refractivity contribution in [3.8, 4) is 0 Å². The molecule has 1 saturated carbocycles. The number of amides is 1. The number of carbonyl (C=O) groups is 3. The van der Waals surface area contributed by atoms with Crippen LogP contribution in [0.1, 0.15) is 73.1 Å². The maximum absolute atomic E-state index is 10.5. The summed E-state index contributed by atoms with van der Waals surface area (Å²) in [4.78, 5) is 27.6. The van der Waals surface area contributed by atoms with Crippen molar-refractivity contribution in [2.75, 3.05) is 13.7 Å². The Morgan fingerprint density at radius 2 is 1.46 bits per heavy atom. The van der Waals surface area contributed by atoms with Gasteiger partial charge in [0.1, 0.15) is 6.29 Å². The molecule has 2 aliphatic carbocycles. The van der Waals surface area contributed by atoms with Crippen molar-refractivity contribution >= 4 is 18.7 Å². The van der Waals surface area contributed by atoms with Gasteiger partial charge in [-0.25, -0.2) is 0 Å². The molecule has 5 nitrogen and oxygen atoms in total. The number of fused-ring (bicyclic) bond motifs is 2. The molecule has 2 aliphatic rings. The fourth-order valence-electron chi connectivity index (χ4n) is 2.11. The Morgan fingerprint density at radius 1 is 1.12 bits per heavy atom. The Bertz CT molecular complexity index is 305. The molecule has 0 radical (unpaired) electrons. The smallest absolute Gasteiger partial charge is 0.290 e. The average molecular weight is 378 g/mol. The summed E-state index contributed by atoms with van der Waals surface area (Å²) in [5.41, 5.74) is 0. The topological polar surface area (TPSA) is 83.5 Å². The molecule has 2 atom stereocenters. The molecule has 26 heavy (non-hydrogen) atoms. The van der Waals surface area contributed by atoms with E-state index in [0.717, 1.165) is 31.1 Å². The quantitative estimate of drug-likeness (QED) is 0.546. The fourth-order valence-corrected chi connectivity index (χ4v) is 2.11. The minimum atomic E-state index is -0.250. The van der Waals surface area contributed by atoms with Crippen molar-refractivity contribution in [1.82, 2.24) is 5.32 Å². The third-order valence-electron chi connectivity index (χ3n) is 3.06. The predicted molar refractivity (Wildman–Crippen MR) is 107 cm³/mol. The Morgan fingerprint density at radius 3 is 1.62 bits per heavy atom. The van der Waals surface area contributed by atoms with Gasteiger partial charge < -0.3 is 15.2 Å². The SMILES string of the molecule is C1=CC2CCC1C2.CC=O.CCC.CCCNC(=O)CC.CF.O=CO. The number of hydrogen-bond acceptors (Lipinski definition) is 3. The minimum absolute atomic E-state index is 0.145. The minimum Gasteiger partial charge on any atom is -0.483 e. The highest BCUT2D eigenvalue weighted by molar-refractivity contribution is 5.75. The number of hydrogen-bond donors (Lipinski definition) is 2. The summed E-state index contributed by atoms with van der Waals surface area (Å²) >= 11 is 0. The van der Waals surface area contributed by atoms with Crippen LogP contribution in [0.4, 0.5) is 4.39 Å². The van der Waals surface area contributed by atoms with Gasteiger partial charge in [0.25, 0.3) is 6.47 Å². The van der Waals surface area contributed by atoms with Gasteiger partial charge in [0, 0.05) is 13.0 Å². The lowest BCUT2D eigenvalue weighted by Crippen LogP contribution is -2.22. The predicted octanol–water partition coefficient (Wildman–Crippen LogP) is 4.80. The second-order valence-corrected chi connectivity index (χ2v) is 5.47. The van der Waals surface area contributed by atoms with Crippen LogP contribution in [0.3, 0.4) is 0 Å². The van der Waals surface area contributed by atoms with Crippen molar-refractivity contribution in [2.45, 2.75) is 73.1 Å². The lowest BCUT2D eigenvalue weighted by Gasteiger charge is -1.97. The van der Waals surface area contributed by atoms with Crippen molar-refractivity contribution in [2.24, 2.45) is 11.8 Å². The first-order valence-electron chi connectivity index (χ1n) is 9.31. The normalized spacial score (nSPS) is 16.9. The number of carboxylic acid groups (broad SMARTS) is 1. The first-order chi connectivity index (χ1) is 12.5. The number of nitrogens with one attached hydrogen (secondary N) is 1. The third-order valence-corrected chi connectivity index (χ3v) is 3.06. The number of carbonyl (C=O) groups excluding carboxylic acids is 2. The highest BCUT2D eigenvalue weighted by atomic mass is 19.1. The molecule has 2 unspecified atom stereocenters. The molecular formula is C20H40FNO4. The van der Waals surface area contributed by atoms with Crippen LogP contribution < -0.4 is 5.32 Å². The molecule has 0 aromatic carbocycles. The van der Waals surface area contributed by atoms with Gasteiger partial charge in [-0.05, 0) is 44.4 Å². The summed E-state index contributed by atoms with van der Waals surface area (Å²) in [5, 5.41) is 9.63. The summed E-state index contributed by atoms with van der Waals surface area (Å²) in [6, 6.07) is 0. The van der Waals surface area contributed by atoms with E-state index in [4.69, 9.17) is 14.7 Å². The van der Waals surface area contributed by atoms with E-state index in [9.17, 15) is 9.18 Å². The number of rotatable bonds is 3. The molecular weight excluding hydrogens is 337 g/mol. The summed E-state index contributed by atoms with van der Waals surface area (Å²) < 4.78 is 9.50. The molecule has 0 aromatic heterocycles. The van der Waals surface area contributed by atoms with Crippen LogP contribution in [-0.4, -0.2) is 37.5 Å². The van der Waals surface area contributed by atoms with Crippen LogP contribution >= 0.6 is 0 Å². The first-order valence-corrected chi connectivity index (χ1v) is 9.31. The van der Waals surface area contributed by atoms with Gasteiger partial charge in [-0.1, -0.05) is 46.3 Å². The second-order valence-electron chi connectivity index (χ2n) is 5.47. The van der Waals surface area contributed by atoms with Crippen molar-refractivity contribution in [1.29, 1.82) is 0 Å². The van der Waals surface area contributed by atoms with E-state index >= 15 is 0 Å². The Hall–Kier alpha value is -1.72. The summed E-state index contributed by atoms with van der Waals surface area (Å²) in [7, 11) is 0.500. The van der Waals surface area contributed by atoms with Crippen molar-refractivity contribution in [3.05, 3.63) is 12.2 Å². The number of halogens is 1. The molecule has 0 aromatic rings. The summed E-state index contributed by atoms with van der Waals surface area (Å²) in [6.07, 6.45) is 12.8. The first kappa shape index (κ1) is 32.0. The fraction of sp³-hybridized carbons (Fsp3) is 0.750. The number of aldehydes is 1. The summed E-state index contributed by atoms with van der Waals surface area (Å²) in [6.45, 7) is 10.1. The molecule has 0 aliphatic heterocycles. The Labute approximate surface area is 159 Å².